The van der Waals surface area contributed by atoms with Crippen LogP contribution in [0.1, 0.15) is 12.8 Å². The molecule has 1 atom stereocenters. The lowest BCUT2D eigenvalue weighted by molar-refractivity contribution is -0.124. The van der Waals surface area contributed by atoms with Crippen LogP contribution in [0.4, 0.5) is 26.2 Å². The monoisotopic (exact) mass is 402 g/mol. The number of rotatable bonds is 4. The number of carbonyl (C=O) groups excluding carboxylic acids is 1. The highest BCUT2D eigenvalue weighted by atomic mass is 19.1. The fourth-order valence-corrected chi connectivity index (χ4v) is 3.49. The minimum atomic E-state index is -0.858. The first-order valence-electron chi connectivity index (χ1n) is 9.12. The Hall–Kier alpha value is -3.50. The van der Waals surface area contributed by atoms with Crippen molar-refractivity contribution in [2.45, 2.75) is 12.8 Å². The number of hydrazine groups is 1. The van der Waals surface area contributed by atoms with Crippen molar-refractivity contribution < 1.29 is 13.6 Å². The molecule has 0 saturated carbocycles. The van der Waals surface area contributed by atoms with Crippen molar-refractivity contribution in [3.8, 4) is 0 Å². The molecule has 1 aliphatic heterocycles. The summed E-state index contributed by atoms with van der Waals surface area (Å²) in [4.78, 5) is 22.5. The summed E-state index contributed by atoms with van der Waals surface area (Å²) < 4.78 is 29.3. The number of hydrogen-bond donors (Lipinski definition) is 3. The van der Waals surface area contributed by atoms with Crippen molar-refractivity contribution in [1.29, 1.82) is 0 Å². The van der Waals surface area contributed by atoms with Crippen LogP contribution in [-0.4, -0.2) is 38.7 Å². The van der Waals surface area contributed by atoms with Crippen molar-refractivity contribution in [1.82, 2.24) is 25.2 Å². The van der Waals surface area contributed by atoms with E-state index in [0.29, 0.717) is 12.6 Å². The standard InChI is InChI=1S/C18H20F2N8O/c1-27-9-12(7-22-27)28-4-2-3-10(8-28)17(29)26-25-16-13-5-11(19)6-14(20)15(13)23-18(21)24-16/h5-7,9-10H,2-4,8H2,1H3,(H,26,29)(H3,21,23,24,25). The molecule has 1 aliphatic rings. The van der Waals surface area contributed by atoms with E-state index in [4.69, 9.17) is 5.73 Å². The molecule has 2 aromatic heterocycles. The molecule has 1 saturated heterocycles. The molecule has 9 nitrogen and oxygen atoms in total. The number of hydrogen-bond acceptors (Lipinski definition) is 7. The second-order valence-electron chi connectivity index (χ2n) is 6.99. The Morgan fingerprint density at radius 3 is 2.90 bits per heavy atom. The first-order valence-corrected chi connectivity index (χ1v) is 9.12. The fraction of sp³-hybridized carbons (Fsp3) is 0.333. The van der Waals surface area contributed by atoms with Crippen LogP contribution >= 0.6 is 0 Å². The zero-order valence-corrected chi connectivity index (χ0v) is 15.7. The number of aromatic nitrogens is 4. The average molecular weight is 402 g/mol. The summed E-state index contributed by atoms with van der Waals surface area (Å²) in [5.74, 6) is -2.32. The highest BCUT2D eigenvalue weighted by Crippen LogP contribution is 2.25. The van der Waals surface area contributed by atoms with E-state index >= 15 is 0 Å². The maximum Gasteiger partial charge on any atom is 0.243 e. The highest BCUT2D eigenvalue weighted by Gasteiger charge is 2.27. The number of anilines is 3. The van der Waals surface area contributed by atoms with Gasteiger partial charge in [-0.1, -0.05) is 0 Å². The van der Waals surface area contributed by atoms with E-state index in [0.717, 1.165) is 31.1 Å². The van der Waals surface area contributed by atoms with Gasteiger partial charge >= 0.3 is 0 Å². The van der Waals surface area contributed by atoms with Gasteiger partial charge < -0.3 is 10.6 Å². The molecule has 1 fully saturated rings. The van der Waals surface area contributed by atoms with Crippen LogP contribution in [-0.2, 0) is 11.8 Å². The van der Waals surface area contributed by atoms with Gasteiger partial charge in [0.05, 0.1) is 23.2 Å². The van der Waals surface area contributed by atoms with Crippen molar-refractivity contribution in [3.05, 3.63) is 36.2 Å². The number of piperidine rings is 1. The molecule has 1 amide bonds. The summed E-state index contributed by atoms with van der Waals surface area (Å²) >= 11 is 0. The lowest BCUT2D eigenvalue weighted by Gasteiger charge is -2.32. The molecule has 0 aliphatic carbocycles. The quantitative estimate of drug-likeness (QED) is 0.568. The topological polar surface area (TPSA) is 114 Å². The van der Waals surface area contributed by atoms with E-state index in [1.54, 1.807) is 10.9 Å². The number of amides is 1. The third kappa shape index (κ3) is 3.89. The second kappa shape index (κ2) is 7.49. The first kappa shape index (κ1) is 18.8. The molecule has 4 rings (SSSR count). The Morgan fingerprint density at radius 1 is 1.31 bits per heavy atom. The number of benzene rings is 1. The fourth-order valence-electron chi connectivity index (χ4n) is 3.49. The van der Waals surface area contributed by atoms with Crippen molar-refractivity contribution in [2.24, 2.45) is 13.0 Å². The minimum Gasteiger partial charge on any atom is -0.368 e. The minimum absolute atomic E-state index is 0.0270. The van der Waals surface area contributed by atoms with Crippen molar-refractivity contribution in [3.63, 3.8) is 0 Å². The molecular formula is C18H20F2N8O. The second-order valence-corrected chi connectivity index (χ2v) is 6.99. The van der Waals surface area contributed by atoms with Crippen LogP contribution in [0, 0.1) is 17.6 Å². The van der Waals surface area contributed by atoms with Gasteiger partial charge in [0.2, 0.25) is 11.9 Å². The highest BCUT2D eigenvalue weighted by molar-refractivity contribution is 5.91. The van der Waals surface area contributed by atoms with Crippen molar-refractivity contribution >= 4 is 34.3 Å². The SMILES string of the molecule is Cn1cc(N2CCCC(C(=O)NNc3nc(N)nc4c(F)cc(F)cc34)C2)cn1. The zero-order valence-electron chi connectivity index (χ0n) is 15.7. The van der Waals surface area contributed by atoms with Gasteiger partial charge in [-0.3, -0.25) is 20.3 Å². The van der Waals surface area contributed by atoms with Crippen LogP contribution in [0.25, 0.3) is 10.9 Å². The van der Waals surface area contributed by atoms with E-state index in [1.807, 2.05) is 13.2 Å². The van der Waals surface area contributed by atoms with Crippen molar-refractivity contribution in [2.75, 3.05) is 29.1 Å². The summed E-state index contributed by atoms with van der Waals surface area (Å²) in [5, 5.41) is 4.25. The van der Waals surface area contributed by atoms with Crippen LogP contribution in [0.5, 0.6) is 0 Å². The summed E-state index contributed by atoms with van der Waals surface area (Å²) in [6.07, 6.45) is 5.24. The molecular weight excluding hydrogens is 382 g/mol. The summed E-state index contributed by atoms with van der Waals surface area (Å²) in [6.45, 7) is 1.38. The van der Waals surface area contributed by atoms with Gasteiger partial charge in [0.25, 0.3) is 0 Å². The predicted molar refractivity (Wildman–Crippen MR) is 104 cm³/mol. The third-order valence-electron chi connectivity index (χ3n) is 4.89. The summed E-state index contributed by atoms with van der Waals surface area (Å²) in [6, 6.07) is 1.79. The number of nitrogens with two attached hydrogens (primary N) is 1. The van der Waals surface area contributed by atoms with Gasteiger partial charge in [-0.05, 0) is 18.9 Å². The lowest BCUT2D eigenvalue weighted by atomic mass is 9.97. The van der Waals surface area contributed by atoms with E-state index in [9.17, 15) is 13.6 Å². The van der Waals surface area contributed by atoms with Gasteiger partial charge in [-0.15, -0.1) is 0 Å². The molecule has 29 heavy (non-hydrogen) atoms. The van der Waals surface area contributed by atoms with Gasteiger partial charge in [-0.25, -0.2) is 13.8 Å². The van der Waals surface area contributed by atoms with Crippen LogP contribution in [0.2, 0.25) is 0 Å². The van der Waals surface area contributed by atoms with Crippen LogP contribution < -0.4 is 21.5 Å². The molecule has 4 N–H and O–H groups in total. The molecule has 0 spiro atoms. The lowest BCUT2D eigenvalue weighted by Crippen LogP contribution is -2.44. The zero-order chi connectivity index (χ0) is 20.5. The largest absolute Gasteiger partial charge is 0.368 e. The van der Waals surface area contributed by atoms with Gasteiger partial charge in [0, 0.05) is 32.4 Å². The van der Waals surface area contributed by atoms with E-state index < -0.39 is 11.6 Å². The Labute approximate surface area is 164 Å². The van der Waals surface area contributed by atoms with Crippen LogP contribution in [0.3, 0.4) is 0 Å². The smallest absolute Gasteiger partial charge is 0.243 e. The molecule has 0 radical (unpaired) electrons. The molecule has 3 aromatic rings. The number of carbonyl (C=O) groups is 1. The number of nitrogen functional groups attached to an aromatic ring is 1. The van der Waals surface area contributed by atoms with Gasteiger partial charge in [0.15, 0.2) is 11.6 Å². The average Bonchev–Trinajstić information content (AvgIpc) is 3.13. The molecule has 152 valence electrons. The molecule has 0 bridgehead atoms. The molecule has 1 unspecified atom stereocenters. The Kier molecular flexibility index (Phi) is 4.87. The number of halogens is 2. The third-order valence-corrected chi connectivity index (χ3v) is 4.89. The summed E-state index contributed by atoms with van der Waals surface area (Å²) in [7, 11) is 1.84. The van der Waals surface area contributed by atoms with Gasteiger partial charge in [-0.2, -0.15) is 10.1 Å². The first-order chi connectivity index (χ1) is 13.9. The number of fused-ring (bicyclic) bond motifs is 1. The van der Waals surface area contributed by atoms with E-state index in [-0.39, 0.29) is 34.5 Å². The van der Waals surface area contributed by atoms with Gasteiger partial charge in [0.1, 0.15) is 11.3 Å². The molecule has 3 heterocycles. The molecule has 11 heteroatoms. The van der Waals surface area contributed by atoms with Crippen LogP contribution in [0.15, 0.2) is 24.5 Å². The maximum atomic E-state index is 14.0. The van der Waals surface area contributed by atoms with E-state index in [1.165, 1.54) is 0 Å². The Balaban J connectivity index is 1.48. The Bertz CT molecular complexity index is 1070. The predicted octanol–water partition coefficient (Wildman–Crippen LogP) is 1.58. The number of nitrogens with one attached hydrogen (secondary N) is 2. The number of aryl methyl sites for hydroxylation is 1. The molecule has 1 aromatic carbocycles. The normalized spacial score (nSPS) is 16.8. The summed E-state index contributed by atoms with van der Waals surface area (Å²) in [5.41, 5.74) is 11.7. The number of nitrogens with zero attached hydrogens (tertiary/aromatic N) is 5. The Morgan fingerprint density at radius 2 is 2.14 bits per heavy atom. The maximum absolute atomic E-state index is 14.0. The van der Waals surface area contributed by atoms with E-state index in [2.05, 4.69) is 30.8 Å².